The summed E-state index contributed by atoms with van der Waals surface area (Å²) in [6.07, 6.45) is 6.56. The largest absolute Gasteiger partial charge is 0.478 e. The molecule has 0 radical (unpaired) electrons. The summed E-state index contributed by atoms with van der Waals surface area (Å²) < 4.78 is 0. The summed E-state index contributed by atoms with van der Waals surface area (Å²) in [6.45, 7) is 0. The maximum Gasteiger partial charge on any atom is 0.403 e. The van der Waals surface area contributed by atoms with E-state index in [1.54, 1.807) is 0 Å². The lowest BCUT2D eigenvalue weighted by Crippen LogP contribution is -2.55. The van der Waals surface area contributed by atoms with Crippen LogP contribution >= 0.6 is 0 Å². The second kappa shape index (κ2) is 5.55. The van der Waals surface area contributed by atoms with E-state index in [4.69, 9.17) is 19.6 Å². The maximum atomic E-state index is 12.3. The van der Waals surface area contributed by atoms with Crippen molar-refractivity contribution in [1.29, 1.82) is 0 Å². The smallest absolute Gasteiger partial charge is 0.403 e. The first-order chi connectivity index (χ1) is 12.0. The average Bonchev–Trinajstić information content (AvgIpc) is 2.58. The van der Waals surface area contributed by atoms with Gasteiger partial charge in [0.1, 0.15) is 17.8 Å². The van der Waals surface area contributed by atoms with Crippen LogP contribution in [0.5, 0.6) is 0 Å². The fourth-order valence-electron chi connectivity index (χ4n) is 2.59. The molecule has 130 valence electrons. The Morgan fingerprint density at radius 2 is 1.76 bits per heavy atom. The Hall–Kier alpha value is -2.95. The summed E-state index contributed by atoms with van der Waals surface area (Å²) in [5, 5.41) is 9.42. The number of hydrogen-bond donors (Lipinski definition) is 1. The van der Waals surface area contributed by atoms with Crippen LogP contribution in [0.15, 0.2) is 47.8 Å². The molecule has 5 heterocycles. The molecule has 25 heavy (non-hydrogen) atoms. The molecule has 4 bridgehead atoms. The van der Waals surface area contributed by atoms with Crippen molar-refractivity contribution >= 4 is 17.9 Å². The number of rotatable bonds is 1. The standard InChI is InChI=1S/C15H10O10/c16-12(17)10-9-5-6-15(11(10)22-25-15)14(19)24-23-13(18)7-1-3-8(4-2-7)20-21-9/h1-9H,(H,16,17). The summed E-state index contributed by atoms with van der Waals surface area (Å²) in [6, 6.07) is 0. The molecule has 7 rings (SSSR count). The molecule has 0 aromatic carbocycles. The minimum Gasteiger partial charge on any atom is -0.478 e. The fraction of sp³-hybridized carbons (Fsp3) is 0.267. The lowest BCUT2D eigenvalue weighted by molar-refractivity contribution is -0.410. The zero-order valence-corrected chi connectivity index (χ0v) is 12.3. The van der Waals surface area contributed by atoms with E-state index in [-0.39, 0.29) is 5.76 Å². The molecular formula is C15H10O10. The number of hydrogen-bond acceptors (Lipinski definition) is 9. The van der Waals surface area contributed by atoms with Crippen molar-refractivity contribution < 1.29 is 48.8 Å². The Morgan fingerprint density at radius 1 is 1.00 bits per heavy atom. The van der Waals surface area contributed by atoms with E-state index in [9.17, 15) is 19.5 Å². The second-order valence-electron chi connectivity index (χ2n) is 5.46. The third-order valence-corrected chi connectivity index (χ3v) is 3.92. The Morgan fingerprint density at radius 3 is 2.40 bits per heavy atom. The molecule has 1 fully saturated rings. The molecule has 10 heteroatoms. The van der Waals surface area contributed by atoms with Gasteiger partial charge in [0.05, 0.1) is 5.92 Å². The third kappa shape index (κ3) is 2.35. The topological polar surface area (TPSA) is 127 Å². The Balaban J connectivity index is 1.72. The van der Waals surface area contributed by atoms with E-state index in [1.807, 2.05) is 0 Å². The van der Waals surface area contributed by atoms with Crippen LogP contribution in [0.1, 0.15) is 0 Å². The summed E-state index contributed by atoms with van der Waals surface area (Å²) in [5.41, 5.74) is -2.36. The minimum atomic E-state index is -1.96. The highest BCUT2D eigenvalue weighted by molar-refractivity contribution is 5.96. The third-order valence-electron chi connectivity index (χ3n) is 3.92. The van der Waals surface area contributed by atoms with Gasteiger partial charge in [-0.3, -0.25) is 0 Å². The lowest BCUT2D eigenvalue weighted by atomic mass is 9.87. The molecule has 1 N–H and O–H groups in total. The van der Waals surface area contributed by atoms with Gasteiger partial charge in [-0.25, -0.2) is 33.9 Å². The molecular weight excluding hydrogens is 340 g/mol. The summed E-state index contributed by atoms with van der Waals surface area (Å²) in [7, 11) is 0. The van der Waals surface area contributed by atoms with Crippen LogP contribution < -0.4 is 0 Å². The van der Waals surface area contributed by atoms with Gasteiger partial charge < -0.3 is 9.99 Å². The molecule has 1 spiro atoms. The van der Waals surface area contributed by atoms with Crippen molar-refractivity contribution in [2.45, 2.75) is 17.8 Å². The van der Waals surface area contributed by atoms with Gasteiger partial charge >= 0.3 is 17.9 Å². The van der Waals surface area contributed by atoms with Gasteiger partial charge in [0, 0.05) is 0 Å². The van der Waals surface area contributed by atoms with Crippen LogP contribution in [0, 0.1) is 5.92 Å². The van der Waals surface area contributed by atoms with Crippen molar-refractivity contribution in [3.63, 3.8) is 0 Å². The molecule has 0 aromatic heterocycles. The monoisotopic (exact) mass is 350 g/mol. The quantitative estimate of drug-likeness (QED) is 0.511. The predicted octanol–water partition coefficient (Wildman–Crippen LogP) is 0.0381. The van der Waals surface area contributed by atoms with E-state index >= 15 is 0 Å². The van der Waals surface area contributed by atoms with Gasteiger partial charge in [0.2, 0.25) is 5.76 Å². The number of carbonyl (C=O) groups is 3. The highest BCUT2D eigenvalue weighted by atomic mass is 17.3. The predicted molar refractivity (Wildman–Crippen MR) is 72.4 cm³/mol. The average molecular weight is 350 g/mol. The second-order valence-corrected chi connectivity index (χ2v) is 5.46. The molecule has 2 atom stereocenters. The highest BCUT2D eigenvalue weighted by Gasteiger charge is 2.61. The summed E-state index contributed by atoms with van der Waals surface area (Å²) in [4.78, 5) is 64.5. The number of aliphatic carboxylic acids is 1. The number of carbonyl (C=O) groups excluding carboxylic acids is 2. The molecule has 2 unspecified atom stereocenters. The Bertz CT molecular complexity index is 761. The Kier molecular flexibility index (Phi) is 3.46. The van der Waals surface area contributed by atoms with Crippen LogP contribution in [0.25, 0.3) is 0 Å². The van der Waals surface area contributed by atoms with Gasteiger partial charge in [-0.05, 0) is 12.2 Å². The lowest BCUT2D eigenvalue weighted by Gasteiger charge is -2.39. The van der Waals surface area contributed by atoms with Crippen molar-refractivity contribution in [3.05, 3.63) is 47.8 Å². The van der Waals surface area contributed by atoms with E-state index in [2.05, 4.69) is 9.78 Å². The van der Waals surface area contributed by atoms with Gasteiger partial charge in [-0.2, -0.15) is 4.89 Å². The van der Waals surface area contributed by atoms with E-state index in [0.29, 0.717) is 0 Å². The fourth-order valence-corrected chi connectivity index (χ4v) is 2.59. The van der Waals surface area contributed by atoms with Crippen molar-refractivity contribution in [1.82, 2.24) is 0 Å². The SMILES string of the molecule is O=C(O)C1=C2OOC23C=CC1OOC1C=CC(C=C1)C(=O)OOC3=O. The first kappa shape index (κ1) is 15.6. The molecule has 10 nitrogen and oxygen atoms in total. The zero-order chi connectivity index (χ0) is 17.6. The van der Waals surface area contributed by atoms with Gasteiger partial charge in [-0.1, -0.05) is 24.3 Å². The van der Waals surface area contributed by atoms with Crippen LogP contribution in [-0.4, -0.2) is 40.8 Å². The van der Waals surface area contributed by atoms with Crippen molar-refractivity contribution in [3.8, 4) is 0 Å². The minimum absolute atomic E-state index is 0.342. The number of carboxylic acids is 1. The van der Waals surface area contributed by atoms with Crippen LogP contribution in [0.2, 0.25) is 0 Å². The molecule has 0 amide bonds. The molecule has 5 aliphatic heterocycles. The number of carboxylic acid groups (broad SMARTS) is 1. The van der Waals surface area contributed by atoms with Crippen LogP contribution in [0.4, 0.5) is 0 Å². The summed E-state index contributed by atoms with van der Waals surface area (Å²) in [5.74, 6) is -4.55. The van der Waals surface area contributed by atoms with Crippen LogP contribution in [-0.2, 0) is 43.7 Å². The normalized spacial score (nSPS) is 36.1. The van der Waals surface area contributed by atoms with E-state index < -0.39 is 47.2 Å². The maximum absolute atomic E-state index is 12.3. The van der Waals surface area contributed by atoms with Gasteiger partial charge in [0.15, 0.2) is 0 Å². The molecule has 2 aliphatic carbocycles. The van der Waals surface area contributed by atoms with E-state index in [0.717, 1.165) is 0 Å². The first-order valence-electron chi connectivity index (χ1n) is 7.16. The van der Waals surface area contributed by atoms with Crippen molar-refractivity contribution in [2.75, 3.05) is 0 Å². The Labute approximate surface area is 139 Å². The molecule has 7 aliphatic rings. The summed E-state index contributed by atoms with van der Waals surface area (Å²) >= 11 is 0. The van der Waals surface area contributed by atoms with Crippen molar-refractivity contribution in [2.24, 2.45) is 5.92 Å². The van der Waals surface area contributed by atoms with Gasteiger partial charge in [0.25, 0.3) is 5.60 Å². The van der Waals surface area contributed by atoms with Gasteiger partial charge in [-0.15, -0.1) is 0 Å². The van der Waals surface area contributed by atoms with Crippen LogP contribution in [0.3, 0.4) is 0 Å². The van der Waals surface area contributed by atoms with E-state index in [1.165, 1.54) is 36.5 Å². The highest BCUT2D eigenvalue weighted by Crippen LogP contribution is 2.43. The molecule has 1 saturated heterocycles. The zero-order valence-electron chi connectivity index (χ0n) is 12.3. The first-order valence-corrected chi connectivity index (χ1v) is 7.16. The molecule has 0 aromatic rings. The molecule has 0 saturated carbocycles.